The van der Waals surface area contributed by atoms with Crippen LogP contribution in [0.15, 0.2) is 30.3 Å². The lowest BCUT2D eigenvalue weighted by molar-refractivity contribution is -0.131. The van der Waals surface area contributed by atoms with Crippen LogP contribution in [-0.2, 0) is 4.79 Å². The van der Waals surface area contributed by atoms with E-state index in [0.29, 0.717) is 19.2 Å². The molecule has 0 atom stereocenters. The van der Waals surface area contributed by atoms with Crippen LogP contribution in [0.4, 0.5) is 0 Å². The number of piperazine rings is 1. The average Bonchev–Trinajstić information content (AvgIpc) is 2.60. The van der Waals surface area contributed by atoms with Crippen LogP contribution < -0.4 is 4.74 Å². The number of hydrogen-bond donors (Lipinski definition) is 0. The molecule has 1 saturated heterocycles. The molecule has 0 spiro atoms. The lowest BCUT2D eigenvalue weighted by Gasteiger charge is -2.37. The van der Waals surface area contributed by atoms with E-state index in [9.17, 15) is 4.79 Å². The molecule has 2 rings (SSSR count). The van der Waals surface area contributed by atoms with Crippen molar-refractivity contribution in [2.24, 2.45) is 0 Å². The first-order valence-electron chi connectivity index (χ1n) is 8.94. The molecular weight excluding hydrogens is 302 g/mol. The highest BCUT2D eigenvalue weighted by Gasteiger charge is 2.21. The molecule has 5 heteroatoms. The molecule has 24 heavy (non-hydrogen) atoms. The zero-order chi connectivity index (χ0) is 17.4. The SMILES string of the molecule is CC(C)N1CCN(CC(=O)N(C)CCCOc2ccccc2)CC1. The Bertz CT molecular complexity index is 485. The Morgan fingerprint density at radius 2 is 1.83 bits per heavy atom. The molecule has 5 nitrogen and oxygen atoms in total. The van der Waals surface area contributed by atoms with Crippen molar-refractivity contribution in [3.05, 3.63) is 30.3 Å². The summed E-state index contributed by atoms with van der Waals surface area (Å²) in [5.74, 6) is 1.09. The largest absolute Gasteiger partial charge is 0.494 e. The van der Waals surface area contributed by atoms with Crippen molar-refractivity contribution in [3.63, 3.8) is 0 Å². The first kappa shape index (κ1) is 18.7. The molecule has 0 radical (unpaired) electrons. The first-order valence-corrected chi connectivity index (χ1v) is 8.94. The van der Waals surface area contributed by atoms with Crippen LogP contribution in [0.3, 0.4) is 0 Å². The van der Waals surface area contributed by atoms with Crippen LogP contribution in [0.1, 0.15) is 20.3 Å². The topological polar surface area (TPSA) is 36.0 Å². The number of para-hydroxylation sites is 1. The van der Waals surface area contributed by atoms with Gasteiger partial charge in [0.05, 0.1) is 13.2 Å². The first-order chi connectivity index (χ1) is 11.6. The second-order valence-electron chi connectivity index (χ2n) is 6.74. The van der Waals surface area contributed by atoms with E-state index in [0.717, 1.165) is 44.9 Å². The van der Waals surface area contributed by atoms with E-state index in [1.165, 1.54) is 0 Å². The van der Waals surface area contributed by atoms with E-state index in [-0.39, 0.29) is 5.91 Å². The lowest BCUT2D eigenvalue weighted by atomic mass is 10.2. The minimum absolute atomic E-state index is 0.202. The van der Waals surface area contributed by atoms with Crippen molar-refractivity contribution in [2.45, 2.75) is 26.3 Å². The van der Waals surface area contributed by atoms with Gasteiger partial charge in [-0.05, 0) is 32.4 Å². The summed E-state index contributed by atoms with van der Waals surface area (Å²) < 4.78 is 5.67. The summed E-state index contributed by atoms with van der Waals surface area (Å²) in [6, 6.07) is 10.4. The molecule has 1 aliphatic heterocycles. The van der Waals surface area contributed by atoms with Gasteiger partial charge in [0.2, 0.25) is 5.91 Å². The third kappa shape index (κ3) is 6.13. The van der Waals surface area contributed by atoms with Gasteiger partial charge in [-0.1, -0.05) is 18.2 Å². The molecule has 1 aromatic rings. The fourth-order valence-electron chi connectivity index (χ4n) is 2.88. The van der Waals surface area contributed by atoms with Gasteiger partial charge in [0.25, 0.3) is 0 Å². The van der Waals surface area contributed by atoms with Crippen molar-refractivity contribution in [1.29, 1.82) is 0 Å². The molecule has 0 N–H and O–H groups in total. The number of rotatable bonds is 8. The van der Waals surface area contributed by atoms with Crippen LogP contribution >= 0.6 is 0 Å². The minimum Gasteiger partial charge on any atom is -0.494 e. The Kier molecular flexibility index (Phi) is 7.53. The summed E-state index contributed by atoms with van der Waals surface area (Å²) in [6.45, 7) is 10.4. The van der Waals surface area contributed by atoms with Gasteiger partial charge in [0, 0.05) is 45.8 Å². The number of likely N-dealkylation sites (N-methyl/N-ethyl adjacent to an activating group) is 1. The number of benzene rings is 1. The predicted molar refractivity (Wildman–Crippen MR) is 97.3 cm³/mol. The maximum Gasteiger partial charge on any atom is 0.236 e. The smallest absolute Gasteiger partial charge is 0.236 e. The quantitative estimate of drug-likeness (QED) is 0.681. The number of nitrogens with zero attached hydrogens (tertiary/aromatic N) is 3. The molecule has 0 aliphatic carbocycles. The number of amides is 1. The van der Waals surface area contributed by atoms with Crippen LogP contribution in [0, 0.1) is 0 Å². The molecule has 1 heterocycles. The van der Waals surface area contributed by atoms with E-state index >= 15 is 0 Å². The van der Waals surface area contributed by atoms with Crippen molar-refractivity contribution in [1.82, 2.24) is 14.7 Å². The monoisotopic (exact) mass is 333 g/mol. The van der Waals surface area contributed by atoms with Gasteiger partial charge in [-0.25, -0.2) is 0 Å². The summed E-state index contributed by atoms with van der Waals surface area (Å²) >= 11 is 0. The van der Waals surface area contributed by atoms with Crippen LogP contribution in [-0.4, -0.2) is 79.6 Å². The Morgan fingerprint density at radius 1 is 1.17 bits per heavy atom. The van der Waals surface area contributed by atoms with Crippen LogP contribution in [0.5, 0.6) is 5.75 Å². The van der Waals surface area contributed by atoms with E-state index in [1.54, 1.807) is 0 Å². The molecule has 0 bridgehead atoms. The van der Waals surface area contributed by atoms with Crippen molar-refractivity contribution in [3.8, 4) is 5.75 Å². The third-order valence-corrected chi connectivity index (χ3v) is 4.57. The maximum absolute atomic E-state index is 12.3. The van der Waals surface area contributed by atoms with E-state index in [4.69, 9.17) is 4.74 Å². The predicted octanol–water partition coefficient (Wildman–Crippen LogP) is 1.94. The molecule has 1 amide bonds. The lowest BCUT2D eigenvalue weighted by Crippen LogP contribution is -2.51. The van der Waals surface area contributed by atoms with Gasteiger partial charge in [-0.3, -0.25) is 14.6 Å². The number of carbonyl (C=O) groups excluding carboxylic acids is 1. The molecule has 0 aromatic heterocycles. The summed E-state index contributed by atoms with van der Waals surface area (Å²) in [5, 5.41) is 0. The Labute approximate surface area is 146 Å². The number of carbonyl (C=O) groups is 1. The fourth-order valence-corrected chi connectivity index (χ4v) is 2.88. The highest BCUT2D eigenvalue weighted by Crippen LogP contribution is 2.09. The third-order valence-electron chi connectivity index (χ3n) is 4.57. The van der Waals surface area contributed by atoms with Crippen LogP contribution in [0.2, 0.25) is 0 Å². The Morgan fingerprint density at radius 3 is 2.46 bits per heavy atom. The Balaban J connectivity index is 1.60. The van der Waals surface area contributed by atoms with E-state index in [2.05, 4.69) is 23.6 Å². The highest BCUT2D eigenvalue weighted by molar-refractivity contribution is 5.77. The summed E-state index contributed by atoms with van der Waals surface area (Å²) in [4.78, 5) is 18.9. The van der Waals surface area contributed by atoms with Gasteiger partial charge >= 0.3 is 0 Å². The normalized spacial score (nSPS) is 16.3. The van der Waals surface area contributed by atoms with E-state index in [1.807, 2.05) is 42.3 Å². The molecule has 1 aromatic carbocycles. The maximum atomic E-state index is 12.3. The second-order valence-corrected chi connectivity index (χ2v) is 6.74. The van der Waals surface area contributed by atoms with Gasteiger partial charge < -0.3 is 9.64 Å². The van der Waals surface area contributed by atoms with Gasteiger partial charge in [0.1, 0.15) is 5.75 Å². The Hall–Kier alpha value is -1.59. The number of ether oxygens (including phenoxy) is 1. The van der Waals surface area contributed by atoms with E-state index < -0.39 is 0 Å². The standard InChI is InChI=1S/C19H31N3O2/c1-17(2)22-13-11-21(12-14-22)16-19(23)20(3)10-7-15-24-18-8-5-4-6-9-18/h4-6,8-9,17H,7,10-16H2,1-3H3. The van der Waals surface area contributed by atoms with Crippen molar-refractivity contribution >= 4 is 5.91 Å². The molecular formula is C19H31N3O2. The molecule has 0 saturated carbocycles. The number of hydrogen-bond acceptors (Lipinski definition) is 4. The van der Waals surface area contributed by atoms with Gasteiger partial charge in [-0.15, -0.1) is 0 Å². The second kappa shape index (κ2) is 9.64. The average molecular weight is 333 g/mol. The van der Waals surface area contributed by atoms with Gasteiger partial charge in [-0.2, -0.15) is 0 Å². The van der Waals surface area contributed by atoms with Crippen molar-refractivity contribution < 1.29 is 9.53 Å². The molecule has 0 unspecified atom stereocenters. The molecule has 1 fully saturated rings. The molecule has 1 aliphatic rings. The fraction of sp³-hybridized carbons (Fsp3) is 0.632. The zero-order valence-corrected chi connectivity index (χ0v) is 15.3. The van der Waals surface area contributed by atoms with Crippen LogP contribution in [0.25, 0.3) is 0 Å². The summed E-state index contributed by atoms with van der Waals surface area (Å²) in [6.07, 6.45) is 0.845. The van der Waals surface area contributed by atoms with Crippen molar-refractivity contribution in [2.75, 3.05) is 52.9 Å². The molecule has 134 valence electrons. The minimum atomic E-state index is 0.202. The zero-order valence-electron chi connectivity index (χ0n) is 15.3. The highest BCUT2D eigenvalue weighted by atomic mass is 16.5. The summed E-state index contributed by atoms with van der Waals surface area (Å²) in [5.41, 5.74) is 0. The summed E-state index contributed by atoms with van der Waals surface area (Å²) in [7, 11) is 1.88. The van der Waals surface area contributed by atoms with Gasteiger partial charge in [0.15, 0.2) is 0 Å².